The van der Waals surface area contributed by atoms with Crippen molar-refractivity contribution in [3.8, 4) is 0 Å². The van der Waals surface area contributed by atoms with E-state index in [9.17, 15) is 4.79 Å². The molecule has 2 aliphatic heterocycles. The van der Waals surface area contributed by atoms with Crippen LogP contribution in [0.5, 0.6) is 0 Å². The SMILES string of the molecule is Cl.O=C(CC1CCOC1)N1CCNCC1c1cccc(Cl)c1. The molecule has 0 radical (unpaired) electrons. The van der Waals surface area contributed by atoms with E-state index in [-0.39, 0.29) is 24.4 Å². The van der Waals surface area contributed by atoms with Crippen molar-refractivity contribution >= 4 is 29.9 Å². The van der Waals surface area contributed by atoms with Crippen LogP contribution in [0.4, 0.5) is 0 Å². The van der Waals surface area contributed by atoms with E-state index < -0.39 is 0 Å². The highest BCUT2D eigenvalue weighted by Gasteiger charge is 2.30. The second-order valence-corrected chi connectivity index (χ2v) is 6.23. The first kappa shape index (κ1) is 17.5. The summed E-state index contributed by atoms with van der Waals surface area (Å²) in [7, 11) is 0. The van der Waals surface area contributed by atoms with E-state index in [1.165, 1.54) is 0 Å². The molecule has 0 spiro atoms. The number of rotatable bonds is 3. The summed E-state index contributed by atoms with van der Waals surface area (Å²) in [5.41, 5.74) is 1.10. The van der Waals surface area contributed by atoms with E-state index in [2.05, 4.69) is 5.32 Å². The molecule has 1 aromatic rings. The molecule has 1 N–H and O–H groups in total. The number of benzene rings is 1. The van der Waals surface area contributed by atoms with Crippen LogP contribution in [0, 0.1) is 5.92 Å². The lowest BCUT2D eigenvalue weighted by atomic mass is 10.00. The molecule has 3 rings (SSSR count). The van der Waals surface area contributed by atoms with E-state index >= 15 is 0 Å². The second kappa shape index (κ2) is 8.16. The third-order valence-electron chi connectivity index (χ3n) is 4.28. The molecule has 2 fully saturated rings. The van der Waals surface area contributed by atoms with Crippen LogP contribution in [0.15, 0.2) is 24.3 Å². The molecule has 2 aliphatic rings. The van der Waals surface area contributed by atoms with Gasteiger partial charge in [-0.3, -0.25) is 4.79 Å². The van der Waals surface area contributed by atoms with Gasteiger partial charge in [-0.15, -0.1) is 12.4 Å². The molecule has 0 saturated carbocycles. The molecule has 4 nitrogen and oxygen atoms in total. The summed E-state index contributed by atoms with van der Waals surface area (Å²) in [5.74, 6) is 0.615. The highest BCUT2D eigenvalue weighted by molar-refractivity contribution is 6.30. The van der Waals surface area contributed by atoms with E-state index in [0.717, 1.165) is 49.9 Å². The summed E-state index contributed by atoms with van der Waals surface area (Å²) in [6, 6.07) is 7.89. The zero-order valence-electron chi connectivity index (χ0n) is 12.5. The fraction of sp³-hybridized carbons (Fsp3) is 0.562. The normalized spacial score (nSPS) is 24.9. The Bertz CT molecular complexity index is 507. The summed E-state index contributed by atoms with van der Waals surface area (Å²) in [6.45, 7) is 3.90. The number of ether oxygens (including phenoxy) is 1. The molecule has 0 bridgehead atoms. The Balaban J connectivity index is 0.00000176. The minimum absolute atomic E-state index is 0. The quantitative estimate of drug-likeness (QED) is 0.916. The van der Waals surface area contributed by atoms with Crippen LogP contribution in [-0.4, -0.2) is 43.7 Å². The van der Waals surface area contributed by atoms with Crippen molar-refractivity contribution in [2.45, 2.75) is 18.9 Å². The fourth-order valence-electron chi connectivity index (χ4n) is 3.12. The third kappa shape index (κ3) is 4.13. The van der Waals surface area contributed by atoms with Gasteiger partial charge in [0.1, 0.15) is 0 Å². The van der Waals surface area contributed by atoms with E-state index in [4.69, 9.17) is 16.3 Å². The van der Waals surface area contributed by atoms with Gasteiger partial charge in [0.25, 0.3) is 0 Å². The number of carbonyl (C=O) groups is 1. The summed E-state index contributed by atoms with van der Waals surface area (Å²) in [4.78, 5) is 14.6. The van der Waals surface area contributed by atoms with Crippen molar-refractivity contribution in [2.24, 2.45) is 5.92 Å². The molecular formula is C16H22Cl2N2O2. The molecule has 0 aromatic heterocycles. The van der Waals surface area contributed by atoms with Crippen LogP contribution in [0.1, 0.15) is 24.4 Å². The average Bonchev–Trinajstić information content (AvgIpc) is 3.00. The lowest BCUT2D eigenvalue weighted by Crippen LogP contribution is -2.49. The second-order valence-electron chi connectivity index (χ2n) is 5.80. The Morgan fingerprint density at radius 2 is 2.32 bits per heavy atom. The minimum atomic E-state index is 0. The van der Waals surface area contributed by atoms with E-state index in [1.54, 1.807) is 0 Å². The number of amides is 1. The zero-order valence-corrected chi connectivity index (χ0v) is 14.0. The number of halogens is 2. The minimum Gasteiger partial charge on any atom is -0.381 e. The van der Waals surface area contributed by atoms with Crippen molar-refractivity contribution in [1.29, 1.82) is 0 Å². The first-order chi connectivity index (χ1) is 10.2. The first-order valence-electron chi connectivity index (χ1n) is 7.57. The van der Waals surface area contributed by atoms with Gasteiger partial charge in [-0.05, 0) is 30.0 Å². The van der Waals surface area contributed by atoms with Crippen LogP contribution in [0.3, 0.4) is 0 Å². The monoisotopic (exact) mass is 344 g/mol. The highest BCUT2D eigenvalue weighted by atomic mass is 35.5. The van der Waals surface area contributed by atoms with E-state index in [0.29, 0.717) is 12.3 Å². The van der Waals surface area contributed by atoms with Crippen LogP contribution >= 0.6 is 24.0 Å². The summed E-state index contributed by atoms with van der Waals surface area (Å²) in [5, 5.41) is 4.09. The molecule has 6 heteroatoms. The molecule has 122 valence electrons. The first-order valence-corrected chi connectivity index (χ1v) is 7.95. The Labute approximate surface area is 142 Å². The molecule has 2 unspecified atom stereocenters. The maximum absolute atomic E-state index is 12.6. The van der Waals surface area contributed by atoms with Crippen LogP contribution in [-0.2, 0) is 9.53 Å². The average molecular weight is 345 g/mol. The van der Waals surface area contributed by atoms with Crippen molar-refractivity contribution in [3.05, 3.63) is 34.9 Å². The molecule has 2 saturated heterocycles. The predicted molar refractivity (Wildman–Crippen MR) is 89.6 cm³/mol. The van der Waals surface area contributed by atoms with Gasteiger partial charge in [0.2, 0.25) is 5.91 Å². The number of carbonyl (C=O) groups excluding carboxylic acids is 1. The van der Waals surface area contributed by atoms with Gasteiger partial charge in [-0.1, -0.05) is 23.7 Å². The number of hydrogen-bond donors (Lipinski definition) is 1. The zero-order chi connectivity index (χ0) is 14.7. The van der Waals surface area contributed by atoms with Crippen molar-refractivity contribution in [3.63, 3.8) is 0 Å². The van der Waals surface area contributed by atoms with Crippen LogP contribution in [0.2, 0.25) is 5.02 Å². The van der Waals surface area contributed by atoms with Gasteiger partial charge in [0.05, 0.1) is 6.04 Å². The third-order valence-corrected chi connectivity index (χ3v) is 4.52. The number of nitrogens with one attached hydrogen (secondary N) is 1. The molecule has 0 aliphatic carbocycles. The molecule has 2 heterocycles. The van der Waals surface area contributed by atoms with Crippen LogP contribution in [0.25, 0.3) is 0 Å². The standard InChI is InChI=1S/C16H21ClN2O2.ClH/c17-14-3-1-2-13(9-14)15-10-18-5-6-19(15)16(20)8-12-4-7-21-11-12;/h1-3,9,12,15,18H,4-8,10-11H2;1H. The van der Waals surface area contributed by atoms with Gasteiger partial charge >= 0.3 is 0 Å². The molecule has 1 aromatic carbocycles. The lowest BCUT2D eigenvalue weighted by molar-refractivity contribution is -0.135. The summed E-state index contributed by atoms with van der Waals surface area (Å²) in [6.07, 6.45) is 1.59. The summed E-state index contributed by atoms with van der Waals surface area (Å²) < 4.78 is 5.37. The molecule has 22 heavy (non-hydrogen) atoms. The summed E-state index contributed by atoms with van der Waals surface area (Å²) >= 11 is 6.09. The van der Waals surface area contributed by atoms with Crippen molar-refractivity contribution in [1.82, 2.24) is 10.2 Å². The number of piperazine rings is 1. The van der Waals surface area contributed by atoms with Gasteiger partial charge < -0.3 is 15.0 Å². The number of hydrogen-bond acceptors (Lipinski definition) is 3. The Kier molecular flexibility index (Phi) is 6.50. The van der Waals surface area contributed by atoms with Crippen molar-refractivity contribution in [2.75, 3.05) is 32.8 Å². The maximum atomic E-state index is 12.6. The number of nitrogens with zero attached hydrogens (tertiary/aromatic N) is 1. The smallest absolute Gasteiger partial charge is 0.223 e. The Hall–Kier alpha value is -0.810. The molecule has 2 atom stereocenters. The van der Waals surface area contributed by atoms with Gasteiger partial charge in [0.15, 0.2) is 0 Å². The van der Waals surface area contributed by atoms with Crippen molar-refractivity contribution < 1.29 is 9.53 Å². The Morgan fingerprint density at radius 1 is 1.45 bits per heavy atom. The van der Waals surface area contributed by atoms with Gasteiger partial charge in [-0.25, -0.2) is 0 Å². The van der Waals surface area contributed by atoms with Crippen LogP contribution < -0.4 is 5.32 Å². The lowest BCUT2D eigenvalue weighted by Gasteiger charge is -2.37. The predicted octanol–water partition coefficient (Wildman–Crippen LogP) is 2.66. The topological polar surface area (TPSA) is 41.6 Å². The van der Waals surface area contributed by atoms with Gasteiger partial charge in [0, 0.05) is 44.3 Å². The Morgan fingerprint density at radius 3 is 3.05 bits per heavy atom. The highest BCUT2D eigenvalue weighted by Crippen LogP contribution is 2.27. The fourth-order valence-corrected chi connectivity index (χ4v) is 3.32. The maximum Gasteiger partial charge on any atom is 0.223 e. The molecule has 1 amide bonds. The molecular weight excluding hydrogens is 323 g/mol. The van der Waals surface area contributed by atoms with E-state index in [1.807, 2.05) is 29.2 Å². The van der Waals surface area contributed by atoms with Gasteiger partial charge in [-0.2, -0.15) is 0 Å². The largest absolute Gasteiger partial charge is 0.381 e.